The summed E-state index contributed by atoms with van der Waals surface area (Å²) in [6, 6.07) is 7.47. The summed E-state index contributed by atoms with van der Waals surface area (Å²) in [5.74, 6) is -2.33. The standard InChI is InChI=1S/C16H16ClN3O3S/c1-9(2)18-15(22)16(23)20-19-13(21)8-7-12-14(17)10-5-3-4-6-11(10)24-12/h3-9H,1-2H3,(H,18,22)(H,19,21)(H,20,23)/b8-7+. The number of hydrogen-bond acceptors (Lipinski definition) is 4. The number of nitrogens with one attached hydrogen (secondary N) is 3. The monoisotopic (exact) mass is 365 g/mol. The summed E-state index contributed by atoms with van der Waals surface area (Å²) in [7, 11) is 0. The summed E-state index contributed by atoms with van der Waals surface area (Å²) in [6.07, 6.45) is 2.79. The molecular weight excluding hydrogens is 350 g/mol. The van der Waals surface area contributed by atoms with Crippen molar-refractivity contribution >= 4 is 56.8 Å². The molecule has 8 heteroatoms. The van der Waals surface area contributed by atoms with Gasteiger partial charge in [-0.25, -0.2) is 0 Å². The molecule has 0 bridgehead atoms. The molecule has 1 aromatic carbocycles. The lowest BCUT2D eigenvalue weighted by atomic mass is 10.2. The molecule has 0 aliphatic rings. The van der Waals surface area contributed by atoms with Gasteiger partial charge in [0.15, 0.2) is 0 Å². The molecule has 0 aliphatic carbocycles. The Morgan fingerprint density at radius 1 is 1.12 bits per heavy atom. The van der Waals surface area contributed by atoms with Crippen molar-refractivity contribution in [3.63, 3.8) is 0 Å². The van der Waals surface area contributed by atoms with E-state index < -0.39 is 17.7 Å². The molecule has 3 N–H and O–H groups in total. The molecule has 0 saturated carbocycles. The van der Waals surface area contributed by atoms with Crippen LogP contribution in [0.3, 0.4) is 0 Å². The van der Waals surface area contributed by atoms with Gasteiger partial charge in [0.1, 0.15) is 0 Å². The van der Waals surface area contributed by atoms with Crippen LogP contribution in [-0.4, -0.2) is 23.8 Å². The largest absolute Gasteiger partial charge is 0.346 e. The number of carbonyl (C=O) groups is 3. The molecule has 6 nitrogen and oxygen atoms in total. The SMILES string of the molecule is CC(C)NC(=O)C(=O)NNC(=O)/C=C/c1sc2ccccc2c1Cl. The minimum Gasteiger partial charge on any atom is -0.346 e. The molecule has 3 amide bonds. The molecule has 2 aromatic rings. The summed E-state index contributed by atoms with van der Waals surface area (Å²) in [4.78, 5) is 35.3. The van der Waals surface area contributed by atoms with E-state index in [-0.39, 0.29) is 6.04 Å². The van der Waals surface area contributed by atoms with E-state index in [1.807, 2.05) is 29.7 Å². The minimum absolute atomic E-state index is 0.172. The van der Waals surface area contributed by atoms with Gasteiger partial charge in [0.25, 0.3) is 5.91 Å². The highest BCUT2D eigenvalue weighted by Gasteiger charge is 2.14. The summed E-state index contributed by atoms with van der Waals surface area (Å²) in [6.45, 7) is 3.45. The minimum atomic E-state index is -0.939. The average Bonchev–Trinajstić information content (AvgIpc) is 2.86. The number of hydrazine groups is 1. The molecule has 1 heterocycles. The first-order valence-electron chi connectivity index (χ1n) is 7.14. The van der Waals surface area contributed by atoms with Crippen LogP contribution < -0.4 is 16.2 Å². The predicted octanol–water partition coefficient (Wildman–Crippen LogP) is 2.24. The van der Waals surface area contributed by atoms with E-state index in [4.69, 9.17) is 11.6 Å². The molecular formula is C16H16ClN3O3S. The topological polar surface area (TPSA) is 87.3 Å². The van der Waals surface area contributed by atoms with Gasteiger partial charge in [0, 0.05) is 27.1 Å². The Morgan fingerprint density at radius 2 is 1.83 bits per heavy atom. The fraction of sp³-hybridized carbons (Fsp3) is 0.188. The smallest absolute Gasteiger partial charge is 0.327 e. The summed E-state index contributed by atoms with van der Waals surface area (Å²) in [5.41, 5.74) is 4.17. The zero-order valence-electron chi connectivity index (χ0n) is 13.1. The lowest BCUT2D eigenvalue weighted by molar-refractivity contribution is -0.140. The van der Waals surface area contributed by atoms with Gasteiger partial charge in [-0.3, -0.25) is 25.2 Å². The van der Waals surface area contributed by atoms with Crippen molar-refractivity contribution in [1.82, 2.24) is 16.2 Å². The third-order valence-corrected chi connectivity index (χ3v) is 4.53. The van der Waals surface area contributed by atoms with E-state index in [1.54, 1.807) is 19.9 Å². The molecule has 0 atom stereocenters. The first-order chi connectivity index (χ1) is 11.4. The lowest BCUT2D eigenvalue weighted by Gasteiger charge is -2.08. The molecule has 126 valence electrons. The summed E-state index contributed by atoms with van der Waals surface area (Å²) < 4.78 is 1.02. The van der Waals surface area contributed by atoms with Crippen LogP contribution in [0.4, 0.5) is 0 Å². The van der Waals surface area contributed by atoms with Gasteiger partial charge in [0.05, 0.1) is 5.02 Å². The highest BCUT2D eigenvalue weighted by atomic mass is 35.5. The number of fused-ring (bicyclic) bond motifs is 1. The van der Waals surface area contributed by atoms with E-state index in [9.17, 15) is 14.4 Å². The Labute approximate surface area is 147 Å². The van der Waals surface area contributed by atoms with Gasteiger partial charge in [-0.1, -0.05) is 29.8 Å². The Bertz CT molecular complexity index is 814. The molecule has 1 aromatic heterocycles. The normalized spacial score (nSPS) is 11.0. The maximum absolute atomic E-state index is 11.7. The highest BCUT2D eigenvalue weighted by Crippen LogP contribution is 2.35. The molecule has 0 radical (unpaired) electrons. The van der Waals surface area contributed by atoms with Gasteiger partial charge in [-0.15, -0.1) is 11.3 Å². The summed E-state index contributed by atoms with van der Waals surface area (Å²) in [5, 5.41) is 3.90. The van der Waals surface area contributed by atoms with Gasteiger partial charge in [0.2, 0.25) is 0 Å². The van der Waals surface area contributed by atoms with Gasteiger partial charge in [-0.2, -0.15) is 0 Å². The van der Waals surface area contributed by atoms with Crippen LogP contribution >= 0.6 is 22.9 Å². The molecule has 0 spiro atoms. The van der Waals surface area contributed by atoms with Crippen LogP contribution in [0, 0.1) is 0 Å². The first kappa shape index (κ1) is 18.0. The molecule has 0 aliphatic heterocycles. The number of thiophene rings is 1. The Kier molecular flexibility index (Phi) is 5.94. The third-order valence-electron chi connectivity index (χ3n) is 2.87. The van der Waals surface area contributed by atoms with Crippen LogP contribution in [0.25, 0.3) is 16.2 Å². The van der Waals surface area contributed by atoms with Crippen molar-refractivity contribution in [1.29, 1.82) is 0 Å². The van der Waals surface area contributed by atoms with Crippen molar-refractivity contribution in [3.8, 4) is 0 Å². The Hall–Kier alpha value is -2.38. The first-order valence-corrected chi connectivity index (χ1v) is 8.34. The van der Waals surface area contributed by atoms with Crippen molar-refractivity contribution in [2.24, 2.45) is 0 Å². The van der Waals surface area contributed by atoms with E-state index in [0.29, 0.717) is 5.02 Å². The number of amides is 3. The van der Waals surface area contributed by atoms with Crippen molar-refractivity contribution in [2.75, 3.05) is 0 Å². The molecule has 0 unspecified atom stereocenters. The number of hydrogen-bond donors (Lipinski definition) is 3. The second-order valence-corrected chi connectivity index (χ2v) is 6.64. The van der Waals surface area contributed by atoms with Crippen LogP contribution in [0.5, 0.6) is 0 Å². The van der Waals surface area contributed by atoms with E-state index in [0.717, 1.165) is 15.0 Å². The van der Waals surface area contributed by atoms with Crippen molar-refractivity contribution < 1.29 is 14.4 Å². The van der Waals surface area contributed by atoms with E-state index in [1.165, 1.54) is 17.4 Å². The van der Waals surface area contributed by atoms with E-state index in [2.05, 4.69) is 10.7 Å². The zero-order valence-corrected chi connectivity index (χ0v) is 14.6. The van der Waals surface area contributed by atoms with Crippen LogP contribution in [0.1, 0.15) is 18.7 Å². The van der Waals surface area contributed by atoms with Crippen LogP contribution in [0.2, 0.25) is 5.02 Å². The maximum Gasteiger partial charge on any atom is 0.327 e. The van der Waals surface area contributed by atoms with Crippen LogP contribution in [-0.2, 0) is 14.4 Å². The number of carbonyl (C=O) groups excluding carboxylic acids is 3. The molecule has 2 rings (SSSR count). The Balaban J connectivity index is 1.94. The second kappa shape index (κ2) is 7.94. The van der Waals surface area contributed by atoms with Gasteiger partial charge in [-0.05, 0) is 26.0 Å². The average molecular weight is 366 g/mol. The third kappa shape index (κ3) is 4.56. The van der Waals surface area contributed by atoms with Gasteiger partial charge >= 0.3 is 11.8 Å². The second-order valence-electron chi connectivity index (χ2n) is 5.18. The van der Waals surface area contributed by atoms with Crippen LogP contribution in [0.15, 0.2) is 30.3 Å². The maximum atomic E-state index is 11.7. The molecule has 0 fully saturated rings. The van der Waals surface area contributed by atoms with Crippen molar-refractivity contribution in [2.45, 2.75) is 19.9 Å². The van der Waals surface area contributed by atoms with Gasteiger partial charge < -0.3 is 5.32 Å². The molecule has 0 saturated heterocycles. The molecule has 24 heavy (non-hydrogen) atoms. The Morgan fingerprint density at radius 3 is 2.50 bits per heavy atom. The van der Waals surface area contributed by atoms with Crippen molar-refractivity contribution in [3.05, 3.63) is 40.2 Å². The lowest BCUT2D eigenvalue weighted by Crippen LogP contribution is -2.49. The quantitative estimate of drug-likeness (QED) is 0.443. The summed E-state index contributed by atoms with van der Waals surface area (Å²) >= 11 is 7.71. The number of halogens is 1. The highest BCUT2D eigenvalue weighted by molar-refractivity contribution is 7.20. The number of benzene rings is 1. The fourth-order valence-corrected chi connectivity index (χ4v) is 3.23. The van der Waals surface area contributed by atoms with E-state index >= 15 is 0 Å². The predicted molar refractivity (Wildman–Crippen MR) is 95.4 cm³/mol. The zero-order chi connectivity index (χ0) is 17.7. The fourth-order valence-electron chi connectivity index (χ4n) is 1.84. The number of rotatable bonds is 3.